The monoisotopic (exact) mass is 185 g/mol. The van der Waals surface area contributed by atoms with Crippen LogP contribution in [0, 0.1) is 0 Å². The number of hydrogen-bond acceptors (Lipinski definition) is 3. The van der Waals surface area contributed by atoms with Gasteiger partial charge in [0, 0.05) is 30.6 Å². The van der Waals surface area contributed by atoms with Crippen molar-refractivity contribution in [2.75, 3.05) is 19.1 Å². The molecule has 1 aromatic heterocycles. The third-order valence-electron chi connectivity index (χ3n) is 1.81. The van der Waals surface area contributed by atoms with Crippen molar-refractivity contribution in [3.63, 3.8) is 0 Å². The number of hydrogen-bond donors (Lipinski definition) is 1. The van der Waals surface area contributed by atoms with E-state index in [0.29, 0.717) is 6.04 Å². The van der Waals surface area contributed by atoms with Crippen LogP contribution in [0.2, 0.25) is 0 Å². The summed E-state index contributed by atoms with van der Waals surface area (Å²) in [6, 6.07) is 0.425. The highest BCUT2D eigenvalue weighted by atomic mass is 32.2. The molecule has 1 unspecified atom stereocenters. The quantitative estimate of drug-likeness (QED) is 0.760. The first-order valence-corrected chi connectivity index (χ1v) is 5.32. The standard InChI is InChI=1S/C8H15N3S/c1-9-8(6-12-3)7-4-10-11(2)5-7/h4-5,8-9H,6H2,1-3H3. The minimum atomic E-state index is 0.425. The number of aryl methyl sites for hydroxylation is 1. The van der Waals surface area contributed by atoms with Gasteiger partial charge < -0.3 is 5.32 Å². The van der Waals surface area contributed by atoms with Crippen molar-refractivity contribution >= 4 is 11.8 Å². The van der Waals surface area contributed by atoms with E-state index in [2.05, 4.69) is 22.9 Å². The maximum absolute atomic E-state index is 4.14. The molecular weight excluding hydrogens is 170 g/mol. The fourth-order valence-electron chi connectivity index (χ4n) is 1.13. The van der Waals surface area contributed by atoms with Crippen LogP contribution >= 0.6 is 11.8 Å². The molecule has 0 aliphatic heterocycles. The Morgan fingerprint density at radius 1 is 1.75 bits per heavy atom. The molecule has 3 nitrogen and oxygen atoms in total. The second kappa shape index (κ2) is 4.52. The molecule has 0 spiro atoms. The Morgan fingerprint density at radius 2 is 2.50 bits per heavy atom. The summed E-state index contributed by atoms with van der Waals surface area (Å²) in [7, 11) is 3.92. The van der Waals surface area contributed by atoms with Gasteiger partial charge in [0.15, 0.2) is 0 Å². The average Bonchev–Trinajstić information content (AvgIpc) is 2.47. The Balaban J connectivity index is 2.66. The van der Waals surface area contributed by atoms with Gasteiger partial charge in [-0.15, -0.1) is 0 Å². The Labute approximate surface area is 77.5 Å². The van der Waals surface area contributed by atoms with Crippen molar-refractivity contribution in [2.45, 2.75) is 6.04 Å². The van der Waals surface area contributed by atoms with Crippen LogP contribution in [0.4, 0.5) is 0 Å². The minimum absolute atomic E-state index is 0.425. The van der Waals surface area contributed by atoms with E-state index in [0.717, 1.165) is 5.75 Å². The van der Waals surface area contributed by atoms with Crippen molar-refractivity contribution in [1.82, 2.24) is 15.1 Å². The van der Waals surface area contributed by atoms with Gasteiger partial charge in [-0.25, -0.2) is 0 Å². The van der Waals surface area contributed by atoms with Crippen LogP contribution in [-0.4, -0.2) is 28.8 Å². The highest BCUT2D eigenvalue weighted by Gasteiger charge is 2.09. The normalized spacial score (nSPS) is 13.2. The van der Waals surface area contributed by atoms with Gasteiger partial charge in [0.05, 0.1) is 6.20 Å². The van der Waals surface area contributed by atoms with E-state index in [4.69, 9.17) is 0 Å². The van der Waals surface area contributed by atoms with Crippen molar-refractivity contribution in [3.05, 3.63) is 18.0 Å². The molecule has 1 atom stereocenters. The van der Waals surface area contributed by atoms with E-state index in [-0.39, 0.29) is 0 Å². The van der Waals surface area contributed by atoms with Gasteiger partial charge in [0.25, 0.3) is 0 Å². The smallest absolute Gasteiger partial charge is 0.0537 e. The number of aromatic nitrogens is 2. The molecule has 0 amide bonds. The highest BCUT2D eigenvalue weighted by molar-refractivity contribution is 7.98. The van der Waals surface area contributed by atoms with E-state index < -0.39 is 0 Å². The molecule has 68 valence electrons. The second-order valence-electron chi connectivity index (χ2n) is 2.74. The molecule has 0 aromatic carbocycles. The Bertz CT molecular complexity index is 234. The highest BCUT2D eigenvalue weighted by Crippen LogP contribution is 2.15. The summed E-state index contributed by atoms with van der Waals surface area (Å²) >= 11 is 1.84. The maximum atomic E-state index is 4.14. The number of nitrogens with zero attached hydrogens (tertiary/aromatic N) is 2. The summed E-state index contributed by atoms with van der Waals surface area (Å²) < 4.78 is 1.83. The number of rotatable bonds is 4. The molecular formula is C8H15N3S. The molecule has 4 heteroatoms. The molecule has 0 radical (unpaired) electrons. The first kappa shape index (κ1) is 9.61. The molecule has 0 aliphatic carbocycles. The predicted molar refractivity (Wildman–Crippen MR) is 53.4 cm³/mol. The van der Waals surface area contributed by atoms with Gasteiger partial charge in [-0.05, 0) is 13.3 Å². The summed E-state index contributed by atoms with van der Waals surface area (Å²) in [4.78, 5) is 0. The first-order valence-electron chi connectivity index (χ1n) is 3.92. The largest absolute Gasteiger partial charge is 0.312 e. The molecule has 0 fully saturated rings. The summed E-state index contributed by atoms with van der Waals surface area (Å²) in [5.74, 6) is 1.09. The third-order valence-corrected chi connectivity index (χ3v) is 2.48. The van der Waals surface area contributed by atoms with Gasteiger partial charge in [-0.1, -0.05) is 0 Å². The van der Waals surface area contributed by atoms with Crippen LogP contribution in [0.3, 0.4) is 0 Å². The summed E-state index contributed by atoms with van der Waals surface area (Å²) in [6.45, 7) is 0. The van der Waals surface area contributed by atoms with Crippen molar-refractivity contribution in [2.24, 2.45) is 7.05 Å². The lowest BCUT2D eigenvalue weighted by molar-refractivity contribution is 0.660. The average molecular weight is 185 g/mol. The molecule has 0 aliphatic rings. The van der Waals surface area contributed by atoms with Crippen molar-refractivity contribution in [1.29, 1.82) is 0 Å². The predicted octanol–water partition coefficient (Wildman–Crippen LogP) is 1.04. The lowest BCUT2D eigenvalue weighted by Gasteiger charge is -2.11. The lowest BCUT2D eigenvalue weighted by atomic mass is 10.2. The molecule has 0 saturated heterocycles. The summed E-state index contributed by atoms with van der Waals surface area (Å²) in [6.07, 6.45) is 6.08. The van der Waals surface area contributed by atoms with Gasteiger partial charge in [-0.2, -0.15) is 16.9 Å². The zero-order valence-corrected chi connectivity index (χ0v) is 8.56. The summed E-state index contributed by atoms with van der Waals surface area (Å²) in [5, 5.41) is 7.39. The van der Waals surface area contributed by atoms with Crippen LogP contribution in [0.1, 0.15) is 11.6 Å². The van der Waals surface area contributed by atoms with Gasteiger partial charge in [-0.3, -0.25) is 4.68 Å². The van der Waals surface area contributed by atoms with Crippen LogP contribution in [0.5, 0.6) is 0 Å². The van der Waals surface area contributed by atoms with Gasteiger partial charge >= 0.3 is 0 Å². The molecule has 12 heavy (non-hydrogen) atoms. The van der Waals surface area contributed by atoms with Crippen LogP contribution < -0.4 is 5.32 Å². The number of nitrogens with one attached hydrogen (secondary N) is 1. The molecule has 1 N–H and O–H groups in total. The van der Waals surface area contributed by atoms with Crippen molar-refractivity contribution < 1.29 is 0 Å². The van der Waals surface area contributed by atoms with E-state index in [1.165, 1.54) is 5.56 Å². The fourth-order valence-corrected chi connectivity index (χ4v) is 1.83. The third kappa shape index (κ3) is 2.25. The Hall–Kier alpha value is -0.480. The minimum Gasteiger partial charge on any atom is -0.312 e. The fraction of sp³-hybridized carbons (Fsp3) is 0.625. The molecule has 0 bridgehead atoms. The molecule has 1 heterocycles. The van der Waals surface area contributed by atoms with E-state index >= 15 is 0 Å². The van der Waals surface area contributed by atoms with Crippen LogP contribution in [-0.2, 0) is 7.05 Å². The zero-order chi connectivity index (χ0) is 8.97. The summed E-state index contributed by atoms with van der Waals surface area (Å²) in [5.41, 5.74) is 1.26. The van der Waals surface area contributed by atoms with E-state index in [1.807, 2.05) is 36.7 Å². The first-order chi connectivity index (χ1) is 5.77. The van der Waals surface area contributed by atoms with Gasteiger partial charge in [0.1, 0.15) is 0 Å². The lowest BCUT2D eigenvalue weighted by Crippen LogP contribution is -2.17. The molecule has 1 rings (SSSR count). The van der Waals surface area contributed by atoms with E-state index in [1.54, 1.807) is 0 Å². The van der Waals surface area contributed by atoms with Crippen LogP contribution in [0.15, 0.2) is 12.4 Å². The Morgan fingerprint density at radius 3 is 2.92 bits per heavy atom. The molecule has 0 saturated carbocycles. The Kier molecular flexibility index (Phi) is 3.62. The topological polar surface area (TPSA) is 29.9 Å². The van der Waals surface area contributed by atoms with Crippen molar-refractivity contribution in [3.8, 4) is 0 Å². The van der Waals surface area contributed by atoms with Gasteiger partial charge in [0.2, 0.25) is 0 Å². The molecule has 1 aromatic rings. The number of thioether (sulfide) groups is 1. The van der Waals surface area contributed by atoms with E-state index in [9.17, 15) is 0 Å². The SMILES string of the molecule is CNC(CSC)c1cnn(C)c1. The van der Waals surface area contributed by atoms with Crippen LogP contribution in [0.25, 0.3) is 0 Å². The zero-order valence-electron chi connectivity index (χ0n) is 7.74. The second-order valence-corrected chi connectivity index (χ2v) is 3.65. The maximum Gasteiger partial charge on any atom is 0.0537 e.